The molecule has 2 rings (SSSR count). The fourth-order valence-corrected chi connectivity index (χ4v) is 4.50. The van der Waals surface area contributed by atoms with Crippen molar-refractivity contribution in [3.63, 3.8) is 0 Å². The highest BCUT2D eigenvalue weighted by Crippen LogP contribution is 2.46. The molecule has 0 bridgehead atoms. The van der Waals surface area contributed by atoms with E-state index in [1.54, 1.807) is 0 Å². The number of hydrogen-bond acceptors (Lipinski definition) is 3. The van der Waals surface area contributed by atoms with E-state index < -0.39 is 6.10 Å². The topological polar surface area (TPSA) is 23.5 Å². The number of aliphatic hydroxyl groups excluding tert-OH is 1. The SMILES string of the molecule is CCN(CC)C1(C(O)c2ccc(Cl)s2)CCCC1. The maximum absolute atomic E-state index is 10.8. The van der Waals surface area contributed by atoms with Crippen LogP contribution in [-0.4, -0.2) is 28.6 Å². The second-order valence-corrected chi connectivity index (χ2v) is 6.77. The Morgan fingerprint density at radius 2 is 1.94 bits per heavy atom. The molecule has 1 N–H and O–H groups in total. The summed E-state index contributed by atoms with van der Waals surface area (Å²) in [7, 11) is 0. The summed E-state index contributed by atoms with van der Waals surface area (Å²) in [6.45, 7) is 6.34. The third-order valence-electron chi connectivity index (χ3n) is 4.24. The standard InChI is InChI=1S/C14H22ClNOS/c1-3-16(4-2)14(9-5-6-10-14)13(17)11-7-8-12(15)18-11/h7-8,13,17H,3-6,9-10H2,1-2H3. The summed E-state index contributed by atoms with van der Waals surface area (Å²) in [4.78, 5) is 3.44. The highest BCUT2D eigenvalue weighted by molar-refractivity contribution is 7.16. The number of aliphatic hydroxyl groups is 1. The van der Waals surface area contributed by atoms with Crippen LogP contribution in [-0.2, 0) is 0 Å². The molecule has 0 aromatic carbocycles. The summed E-state index contributed by atoms with van der Waals surface area (Å²) in [5.41, 5.74) is -0.0717. The first-order valence-electron chi connectivity index (χ1n) is 6.82. The van der Waals surface area contributed by atoms with Crippen molar-refractivity contribution in [2.75, 3.05) is 13.1 Å². The number of halogens is 1. The molecule has 1 aromatic rings. The van der Waals surface area contributed by atoms with Crippen LogP contribution in [0.4, 0.5) is 0 Å². The zero-order valence-corrected chi connectivity index (χ0v) is 12.7. The van der Waals surface area contributed by atoms with E-state index in [1.807, 2.05) is 12.1 Å². The first-order valence-corrected chi connectivity index (χ1v) is 8.02. The Morgan fingerprint density at radius 3 is 2.39 bits per heavy atom. The predicted molar refractivity (Wildman–Crippen MR) is 78.4 cm³/mol. The number of rotatable bonds is 5. The predicted octanol–water partition coefficient (Wildman–Crippen LogP) is 4.09. The van der Waals surface area contributed by atoms with Gasteiger partial charge in [0.1, 0.15) is 6.10 Å². The third-order valence-corrected chi connectivity index (χ3v) is 5.52. The van der Waals surface area contributed by atoms with Crippen LogP contribution in [0.5, 0.6) is 0 Å². The van der Waals surface area contributed by atoms with Gasteiger partial charge in [0, 0.05) is 4.88 Å². The summed E-state index contributed by atoms with van der Waals surface area (Å²) in [6.07, 6.45) is 4.20. The Labute approximate surface area is 119 Å². The van der Waals surface area contributed by atoms with E-state index in [9.17, 15) is 5.11 Å². The van der Waals surface area contributed by atoms with Crippen molar-refractivity contribution >= 4 is 22.9 Å². The van der Waals surface area contributed by atoms with Gasteiger partial charge in [0.25, 0.3) is 0 Å². The van der Waals surface area contributed by atoms with Gasteiger partial charge in [0.15, 0.2) is 0 Å². The van der Waals surface area contributed by atoms with E-state index in [0.717, 1.165) is 35.1 Å². The zero-order valence-electron chi connectivity index (χ0n) is 11.2. The number of hydrogen-bond donors (Lipinski definition) is 1. The van der Waals surface area contributed by atoms with Gasteiger partial charge in [0.05, 0.1) is 9.88 Å². The van der Waals surface area contributed by atoms with E-state index >= 15 is 0 Å². The molecule has 0 amide bonds. The van der Waals surface area contributed by atoms with E-state index in [4.69, 9.17) is 11.6 Å². The van der Waals surface area contributed by atoms with Crippen LogP contribution in [0.1, 0.15) is 50.5 Å². The second kappa shape index (κ2) is 5.91. The molecule has 0 spiro atoms. The molecule has 1 heterocycles. The van der Waals surface area contributed by atoms with E-state index in [0.29, 0.717) is 0 Å². The lowest BCUT2D eigenvalue weighted by Crippen LogP contribution is -2.50. The van der Waals surface area contributed by atoms with Crippen LogP contribution in [0.2, 0.25) is 4.34 Å². The molecule has 1 atom stereocenters. The highest BCUT2D eigenvalue weighted by atomic mass is 35.5. The van der Waals surface area contributed by atoms with Gasteiger partial charge in [-0.1, -0.05) is 38.3 Å². The summed E-state index contributed by atoms with van der Waals surface area (Å²) < 4.78 is 0.761. The zero-order chi connectivity index (χ0) is 13.2. The van der Waals surface area contributed by atoms with Crippen LogP contribution in [0.3, 0.4) is 0 Å². The van der Waals surface area contributed by atoms with E-state index in [-0.39, 0.29) is 5.54 Å². The molecule has 18 heavy (non-hydrogen) atoms. The summed E-state index contributed by atoms with van der Waals surface area (Å²) in [6, 6.07) is 3.86. The average molecular weight is 288 g/mol. The minimum Gasteiger partial charge on any atom is -0.386 e. The van der Waals surface area contributed by atoms with Gasteiger partial charge in [-0.2, -0.15) is 0 Å². The molecule has 1 unspecified atom stereocenters. The number of thiophene rings is 1. The van der Waals surface area contributed by atoms with Gasteiger partial charge in [-0.25, -0.2) is 0 Å². The molecule has 1 saturated carbocycles. The van der Waals surface area contributed by atoms with Crippen molar-refractivity contribution in [3.05, 3.63) is 21.3 Å². The van der Waals surface area contributed by atoms with Crippen LogP contribution >= 0.6 is 22.9 Å². The Balaban J connectivity index is 2.29. The quantitative estimate of drug-likeness (QED) is 0.882. The van der Waals surface area contributed by atoms with Crippen LogP contribution in [0, 0.1) is 0 Å². The maximum Gasteiger partial charge on any atom is 0.106 e. The van der Waals surface area contributed by atoms with Gasteiger partial charge >= 0.3 is 0 Å². The third kappa shape index (κ3) is 2.46. The van der Waals surface area contributed by atoms with Crippen molar-refractivity contribution in [2.24, 2.45) is 0 Å². The fraction of sp³-hybridized carbons (Fsp3) is 0.714. The number of nitrogens with zero attached hydrogens (tertiary/aromatic N) is 1. The molecule has 1 aliphatic rings. The minimum atomic E-state index is -0.405. The largest absolute Gasteiger partial charge is 0.386 e. The monoisotopic (exact) mass is 287 g/mol. The normalized spacial score (nSPS) is 20.5. The summed E-state index contributed by atoms with van der Waals surface area (Å²) in [5.74, 6) is 0. The average Bonchev–Trinajstić information content (AvgIpc) is 3.00. The second-order valence-electron chi connectivity index (χ2n) is 5.03. The van der Waals surface area contributed by atoms with E-state index in [1.165, 1.54) is 24.2 Å². The van der Waals surface area contributed by atoms with Crippen molar-refractivity contribution < 1.29 is 5.11 Å². The lowest BCUT2D eigenvalue weighted by Gasteiger charge is -2.43. The van der Waals surface area contributed by atoms with Gasteiger partial charge in [0.2, 0.25) is 0 Å². The smallest absolute Gasteiger partial charge is 0.106 e. The van der Waals surface area contributed by atoms with Crippen LogP contribution in [0.15, 0.2) is 12.1 Å². The molecule has 1 aliphatic carbocycles. The molecule has 2 nitrogen and oxygen atoms in total. The van der Waals surface area contributed by atoms with Gasteiger partial charge in [-0.05, 0) is 38.1 Å². The Hall–Kier alpha value is -0.0900. The molecular weight excluding hydrogens is 266 g/mol. The molecule has 1 fully saturated rings. The number of likely N-dealkylation sites (N-methyl/N-ethyl adjacent to an activating group) is 1. The lowest BCUT2D eigenvalue weighted by molar-refractivity contribution is -0.0249. The molecule has 0 aliphatic heterocycles. The molecule has 0 saturated heterocycles. The molecule has 0 radical (unpaired) electrons. The minimum absolute atomic E-state index is 0.0717. The highest BCUT2D eigenvalue weighted by Gasteiger charge is 2.45. The molecule has 4 heteroatoms. The first kappa shape index (κ1) is 14.3. The van der Waals surface area contributed by atoms with Crippen molar-refractivity contribution in [3.8, 4) is 0 Å². The van der Waals surface area contributed by atoms with Crippen LogP contribution in [0.25, 0.3) is 0 Å². The molecular formula is C14H22ClNOS. The van der Waals surface area contributed by atoms with Gasteiger partial charge < -0.3 is 5.11 Å². The summed E-state index contributed by atoms with van der Waals surface area (Å²) >= 11 is 7.51. The van der Waals surface area contributed by atoms with Gasteiger partial charge in [-0.3, -0.25) is 4.90 Å². The van der Waals surface area contributed by atoms with Gasteiger partial charge in [-0.15, -0.1) is 11.3 Å². The van der Waals surface area contributed by atoms with Crippen LogP contribution < -0.4 is 0 Å². The van der Waals surface area contributed by atoms with Crippen molar-refractivity contribution in [1.82, 2.24) is 4.90 Å². The molecule has 1 aromatic heterocycles. The Bertz CT molecular complexity index is 383. The summed E-state index contributed by atoms with van der Waals surface area (Å²) in [5, 5.41) is 10.8. The molecule has 102 valence electrons. The Morgan fingerprint density at radius 1 is 1.33 bits per heavy atom. The van der Waals surface area contributed by atoms with E-state index in [2.05, 4.69) is 18.7 Å². The maximum atomic E-state index is 10.8. The van der Waals surface area contributed by atoms with Crippen molar-refractivity contribution in [1.29, 1.82) is 0 Å². The fourth-order valence-electron chi connectivity index (χ4n) is 3.34. The lowest BCUT2D eigenvalue weighted by atomic mass is 9.87. The van der Waals surface area contributed by atoms with Crippen molar-refractivity contribution in [2.45, 2.75) is 51.2 Å². The first-order chi connectivity index (χ1) is 8.64. The Kier molecular flexibility index (Phi) is 4.70.